The Bertz CT molecular complexity index is 778. The first-order valence-corrected chi connectivity index (χ1v) is 11.5. The lowest BCUT2D eigenvalue weighted by Gasteiger charge is -2.36. The minimum absolute atomic E-state index is 0.129. The van der Waals surface area contributed by atoms with Crippen LogP contribution in [0.2, 0.25) is 0 Å². The van der Waals surface area contributed by atoms with Gasteiger partial charge in [-0.2, -0.15) is 0 Å². The van der Waals surface area contributed by atoms with Crippen molar-refractivity contribution in [3.8, 4) is 22.5 Å². The SMILES string of the molecule is CCCCCC(C)(CCCCC)n1c(-c2ccccc2)ccc1-c1ccccc1. The van der Waals surface area contributed by atoms with E-state index in [1.165, 1.54) is 73.9 Å². The van der Waals surface area contributed by atoms with E-state index in [1.807, 2.05) is 0 Å². The summed E-state index contributed by atoms with van der Waals surface area (Å²) in [7, 11) is 0. The Morgan fingerprint density at radius 2 is 1.00 bits per heavy atom. The quantitative estimate of drug-likeness (QED) is 0.290. The molecule has 0 saturated heterocycles. The van der Waals surface area contributed by atoms with Crippen molar-refractivity contribution in [2.24, 2.45) is 0 Å². The molecule has 0 aliphatic rings. The molecule has 154 valence electrons. The lowest BCUT2D eigenvalue weighted by molar-refractivity contribution is 0.258. The minimum Gasteiger partial charge on any atom is -0.335 e. The van der Waals surface area contributed by atoms with Gasteiger partial charge in [0, 0.05) is 16.9 Å². The lowest BCUT2D eigenvalue weighted by atomic mass is 9.87. The van der Waals surface area contributed by atoms with E-state index in [9.17, 15) is 0 Å². The van der Waals surface area contributed by atoms with Gasteiger partial charge < -0.3 is 4.57 Å². The number of hydrogen-bond donors (Lipinski definition) is 0. The van der Waals surface area contributed by atoms with Crippen LogP contribution in [0.4, 0.5) is 0 Å². The summed E-state index contributed by atoms with van der Waals surface area (Å²) in [5.41, 5.74) is 5.45. The van der Waals surface area contributed by atoms with Crippen LogP contribution in [0.1, 0.15) is 72.1 Å². The van der Waals surface area contributed by atoms with Gasteiger partial charge in [0.1, 0.15) is 0 Å². The van der Waals surface area contributed by atoms with Crippen LogP contribution in [0.3, 0.4) is 0 Å². The number of aromatic nitrogens is 1. The van der Waals surface area contributed by atoms with Gasteiger partial charge in [0.15, 0.2) is 0 Å². The fraction of sp³-hybridized carbons (Fsp3) is 0.429. The average Bonchev–Trinajstić information content (AvgIpc) is 3.21. The van der Waals surface area contributed by atoms with E-state index >= 15 is 0 Å². The van der Waals surface area contributed by atoms with Crippen molar-refractivity contribution in [2.45, 2.75) is 77.7 Å². The molecule has 0 atom stereocenters. The van der Waals surface area contributed by atoms with Gasteiger partial charge >= 0.3 is 0 Å². The highest BCUT2D eigenvalue weighted by Gasteiger charge is 2.30. The van der Waals surface area contributed by atoms with E-state index in [0.717, 1.165) is 0 Å². The van der Waals surface area contributed by atoms with Gasteiger partial charge in [-0.25, -0.2) is 0 Å². The summed E-state index contributed by atoms with van der Waals surface area (Å²) in [4.78, 5) is 0. The first kappa shape index (κ1) is 21.4. The molecule has 0 bridgehead atoms. The minimum atomic E-state index is 0.129. The molecule has 0 aliphatic heterocycles. The second kappa shape index (κ2) is 10.5. The van der Waals surface area contributed by atoms with Crippen molar-refractivity contribution in [3.05, 3.63) is 72.8 Å². The van der Waals surface area contributed by atoms with Crippen molar-refractivity contribution in [3.63, 3.8) is 0 Å². The highest BCUT2D eigenvalue weighted by molar-refractivity contribution is 5.70. The van der Waals surface area contributed by atoms with Crippen LogP contribution < -0.4 is 0 Å². The Balaban J connectivity index is 2.11. The fourth-order valence-electron chi connectivity index (χ4n) is 4.55. The van der Waals surface area contributed by atoms with Crippen molar-refractivity contribution in [1.29, 1.82) is 0 Å². The molecule has 0 amide bonds. The van der Waals surface area contributed by atoms with Crippen LogP contribution in [0.15, 0.2) is 72.8 Å². The molecule has 2 aromatic carbocycles. The first-order valence-electron chi connectivity index (χ1n) is 11.5. The molecular formula is C28H37N. The molecule has 0 radical (unpaired) electrons. The number of unbranched alkanes of at least 4 members (excludes halogenated alkanes) is 4. The Kier molecular flexibility index (Phi) is 7.75. The monoisotopic (exact) mass is 387 g/mol. The van der Waals surface area contributed by atoms with Gasteiger partial charge in [0.25, 0.3) is 0 Å². The van der Waals surface area contributed by atoms with E-state index in [1.54, 1.807) is 0 Å². The molecule has 0 saturated carbocycles. The maximum absolute atomic E-state index is 2.67. The molecule has 1 aromatic heterocycles. The Labute approximate surface area is 177 Å². The molecular weight excluding hydrogens is 350 g/mol. The average molecular weight is 388 g/mol. The molecule has 0 spiro atoms. The standard InChI is InChI=1S/C28H37N/c1-4-6-14-22-28(3,23-15-7-5-2)29-26(24-16-10-8-11-17-24)20-21-27(29)25-18-12-9-13-19-25/h8-13,16-21H,4-7,14-15,22-23H2,1-3H3. The van der Waals surface area contributed by atoms with Crippen LogP contribution >= 0.6 is 0 Å². The zero-order chi connectivity index (χ0) is 20.5. The molecule has 3 rings (SSSR count). The summed E-state index contributed by atoms with van der Waals surface area (Å²) in [5.74, 6) is 0. The predicted octanol–water partition coefficient (Wildman–Crippen LogP) is 8.70. The lowest BCUT2D eigenvalue weighted by Crippen LogP contribution is -2.31. The molecule has 0 fully saturated rings. The Hall–Kier alpha value is -2.28. The number of nitrogens with zero attached hydrogens (tertiary/aromatic N) is 1. The Morgan fingerprint density at radius 1 is 0.586 bits per heavy atom. The van der Waals surface area contributed by atoms with Crippen molar-refractivity contribution in [1.82, 2.24) is 4.57 Å². The van der Waals surface area contributed by atoms with Gasteiger partial charge in [-0.3, -0.25) is 0 Å². The Morgan fingerprint density at radius 3 is 1.38 bits per heavy atom. The second-order valence-electron chi connectivity index (χ2n) is 8.58. The van der Waals surface area contributed by atoms with Crippen molar-refractivity contribution >= 4 is 0 Å². The summed E-state index contributed by atoms with van der Waals surface area (Å²) in [6.07, 6.45) is 10.2. The van der Waals surface area contributed by atoms with Gasteiger partial charge in [0.05, 0.1) is 0 Å². The van der Waals surface area contributed by atoms with Crippen LogP contribution in [0.5, 0.6) is 0 Å². The third kappa shape index (κ3) is 5.21. The summed E-state index contributed by atoms with van der Waals surface area (Å²) in [6.45, 7) is 7.10. The van der Waals surface area contributed by atoms with Crippen LogP contribution in [-0.2, 0) is 5.54 Å². The van der Waals surface area contributed by atoms with E-state index in [-0.39, 0.29) is 5.54 Å². The number of rotatable bonds is 11. The van der Waals surface area contributed by atoms with Crippen LogP contribution in [-0.4, -0.2) is 4.57 Å². The normalized spacial score (nSPS) is 11.7. The van der Waals surface area contributed by atoms with E-state index in [4.69, 9.17) is 0 Å². The van der Waals surface area contributed by atoms with Gasteiger partial charge in [0.2, 0.25) is 0 Å². The van der Waals surface area contributed by atoms with E-state index < -0.39 is 0 Å². The largest absolute Gasteiger partial charge is 0.335 e. The molecule has 1 heterocycles. The maximum Gasteiger partial charge on any atom is 0.0490 e. The molecule has 1 heteroatoms. The molecule has 1 nitrogen and oxygen atoms in total. The molecule has 0 N–H and O–H groups in total. The van der Waals surface area contributed by atoms with Crippen molar-refractivity contribution < 1.29 is 0 Å². The predicted molar refractivity (Wildman–Crippen MR) is 127 cm³/mol. The van der Waals surface area contributed by atoms with Gasteiger partial charge in [-0.15, -0.1) is 0 Å². The van der Waals surface area contributed by atoms with Crippen molar-refractivity contribution in [2.75, 3.05) is 0 Å². The van der Waals surface area contributed by atoms with Crippen LogP contribution in [0, 0.1) is 0 Å². The highest BCUT2D eigenvalue weighted by atomic mass is 15.1. The zero-order valence-corrected chi connectivity index (χ0v) is 18.5. The molecule has 29 heavy (non-hydrogen) atoms. The molecule has 3 aromatic rings. The molecule has 0 unspecified atom stereocenters. The molecule has 0 aliphatic carbocycles. The fourth-order valence-corrected chi connectivity index (χ4v) is 4.55. The number of benzene rings is 2. The van der Waals surface area contributed by atoms with E-state index in [2.05, 4.69) is 98.1 Å². The van der Waals surface area contributed by atoms with Gasteiger partial charge in [-0.1, -0.05) is 113 Å². The van der Waals surface area contributed by atoms with Crippen LogP contribution in [0.25, 0.3) is 22.5 Å². The number of hydrogen-bond acceptors (Lipinski definition) is 0. The summed E-state index contributed by atoms with van der Waals surface area (Å²) < 4.78 is 2.67. The first-order chi connectivity index (χ1) is 14.2. The topological polar surface area (TPSA) is 4.93 Å². The summed E-state index contributed by atoms with van der Waals surface area (Å²) in [6, 6.07) is 26.5. The van der Waals surface area contributed by atoms with Gasteiger partial charge in [-0.05, 0) is 43.0 Å². The third-order valence-corrected chi connectivity index (χ3v) is 6.20. The summed E-state index contributed by atoms with van der Waals surface area (Å²) in [5, 5.41) is 0. The summed E-state index contributed by atoms with van der Waals surface area (Å²) >= 11 is 0. The smallest absolute Gasteiger partial charge is 0.0490 e. The zero-order valence-electron chi connectivity index (χ0n) is 18.5. The third-order valence-electron chi connectivity index (χ3n) is 6.20. The maximum atomic E-state index is 2.67. The second-order valence-corrected chi connectivity index (χ2v) is 8.58. The highest BCUT2D eigenvalue weighted by Crippen LogP contribution is 2.40. The van der Waals surface area contributed by atoms with E-state index in [0.29, 0.717) is 0 Å².